The molecule has 5 heteroatoms. The summed E-state index contributed by atoms with van der Waals surface area (Å²) in [5.41, 5.74) is 0.902. The highest BCUT2D eigenvalue weighted by Crippen LogP contribution is 2.24. The van der Waals surface area contributed by atoms with Crippen LogP contribution in [0.25, 0.3) is 0 Å². The highest BCUT2D eigenvalue weighted by Gasteiger charge is 2.15. The van der Waals surface area contributed by atoms with Gasteiger partial charge in [0.1, 0.15) is 11.6 Å². The first kappa shape index (κ1) is 15.4. The van der Waals surface area contributed by atoms with Crippen LogP contribution in [-0.2, 0) is 12.8 Å². The Labute approximate surface area is 129 Å². The van der Waals surface area contributed by atoms with Crippen molar-refractivity contribution in [2.24, 2.45) is 0 Å². The largest absolute Gasteiger partial charge is 0.392 e. The van der Waals surface area contributed by atoms with Crippen molar-refractivity contribution in [1.82, 2.24) is 0 Å². The second-order valence-corrected chi connectivity index (χ2v) is 5.76. The molecule has 1 unspecified atom stereocenters. The molecule has 1 N–H and O–H groups in total. The Bertz CT molecular complexity index is 599. The lowest BCUT2D eigenvalue weighted by Gasteiger charge is -2.13. The van der Waals surface area contributed by atoms with E-state index in [4.69, 9.17) is 11.6 Å². The third-order valence-corrected chi connectivity index (χ3v) is 4.09. The van der Waals surface area contributed by atoms with E-state index in [0.29, 0.717) is 10.0 Å². The summed E-state index contributed by atoms with van der Waals surface area (Å²) in [6, 6.07) is 8.63. The first-order valence-corrected chi connectivity index (χ1v) is 7.19. The van der Waals surface area contributed by atoms with Gasteiger partial charge < -0.3 is 5.11 Å². The van der Waals surface area contributed by atoms with E-state index in [1.54, 1.807) is 12.1 Å². The number of rotatable bonds is 4. The Morgan fingerprint density at radius 3 is 2.60 bits per heavy atom. The molecule has 0 bridgehead atoms. The van der Waals surface area contributed by atoms with Crippen LogP contribution in [0.1, 0.15) is 11.1 Å². The first-order chi connectivity index (χ1) is 9.47. The van der Waals surface area contributed by atoms with E-state index in [1.807, 2.05) is 0 Å². The van der Waals surface area contributed by atoms with Gasteiger partial charge in [0.25, 0.3) is 0 Å². The molecule has 0 fully saturated rings. The van der Waals surface area contributed by atoms with Crippen LogP contribution in [-0.4, -0.2) is 11.2 Å². The van der Waals surface area contributed by atoms with Crippen LogP contribution in [0.2, 0.25) is 5.02 Å². The molecule has 0 heterocycles. The molecule has 2 aromatic carbocycles. The Hall–Kier alpha value is -0.970. The normalized spacial score (nSPS) is 12.4. The summed E-state index contributed by atoms with van der Waals surface area (Å²) in [4.78, 5) is 0. The van der Waals surface area contributed by atoms with Crippen LogP contribution in [0.5, 0.6) is 0 Å². The van der Waals surface area contributed by atoms with Crippen molar-refractivity contribution in [2.45, 2.75) is 18.9 Å². The van der Waals surface area contributed by atoms with Crippen LogP contribution < -0.4 is 0 Å². The van der Waals surface area contributed by atoms with Crippen LogP contribution in [0.15, 0.2) is 40.9 Å². The molecule has 0 aliphatic rings. The van der Waals surface area contributed by atoms with Crippen molar-refractivity contribution < 1.29 is 13.9 Å². The van der Waals surface area contributed by atoms with Gasteiger partial charge in [-0.1, -0.05) is 33.6 Å². The number of hydrogen-bond acceptors (Lipinski definition) is 1. The maximum Gasteiger partial charge on any atom is 0.127 e. The second-order valence-electron chi connectivity index (χ2n) is 4.50. The average Bonchev–Trinajstić information content (AvgIpc) is 2.38. The fraction of sp³-hybridized carbons (Fsp3) is 0.200. The number of aliphatic hydroxyl groups is 1. The molecule has 0 aliphatic heterocycles. The van der Waals surface area contributed by atoms with E-state index in [9.17, 15) is 13.9 Å². The molecule has 0 aromatic heterocycles. The summed E-state index contributed by atoms with van der Waals surface area (Å²) < 4.78 is 27.5. The minimum atomic E-state index is -0.845. The molecule has 106 valence electrons. The Morgan fingerprint density at radius 1 is 1.15 bits per heavy atom. The van der Waals surface area contributed by atoms with Crippen molar-refractivity contribution in [3.05, 3.63) is 68.7 Å². The number of hydrogen-bond donors (Lipinski definition) is 1. The smallest absolute Gasteiger partial charge is 0.127 e. The summed E-state index contributed by atoms with van der Waals surface area (Å²) in [7, 11) is 0. The second kappa shape index (κ2) is 6.66. The SMILES string of the molecule is OC(Cc1cc(F)ccc1Br)Cc1c(F)cccc1Cl. The van der Waals surface area contributed by atoms with Gasteiger partial charge >= 0.3 is 0 Å². The Balaban J connectivity index is 2.13. The monoisotopic (exact) mass is 360 g/mol. The summed E-state index contributed by atoms with van der Waals surface area (Å²) in [6.45, 7) is 0. The van der Waals surface area contributed by atoms with Crippen molar-refractivity contribution in [3.63, 3.8) is 0 Å². The third-order valence-electron chi connectivity index (χ3n) is 2.96. The molecule has 0 amide bonds. The standard InChI is InChI=1S/C15H12BrClF2O/c16-13-5-4-10(18)6-9(13)7-11(20)8-12-14(17)2-1-3-15(12)19/h1-6,11,20H,7-8H2. The van der Waals surface area contributed by atoms with E-state index in [1.165, 1.54) is 24.3 Å². The number of halogens is 4. The molecule has 1 nitrogen and oxygen atoms in total. The molecular weight excluding hydrogens is 350 g/mol. The fourth-order valence-electron chi connectivity index (χ4n) is 1.99. The van der Waals surface area contributed by atoms with E-state index in [2.05, 4.69) is 15.9 Å². The third kappa shape index (κ3) is 3.78. The summed E-state index contributed by atoms with van der Waals surface area (Å²) in [5.74, 6) is -0.825. The van der Waals surface area contributed by atoms with E-state index in [-0.39, 0.29) is 29.2 Å². The molecule has 0 saturated carbocycles. The zero-order valence-corrected chi connectivity index (χ0v) is 12.8. The van der Waals surface area contributed by atoms with Gasteiger partial charge in [-0.25, -0.2) is 8.78 Å². The van der Waals surface area contributed by atoms with Gasteiger partial charge in [0.2, 0.25) is 0 Å². The molecule has 2 rings (SSSR count). The van der Waals surface area contributed by atoms with Crippen LogP contribution in [0, 0.1) is 11.6 Å². The lowest BCUT2D eigenvalue weighted by atomic mass is 10.0. The lowest BCUT2D eigenvalue weighted by molar-refractivity contribution is 0.174. The highest BCUT2D eigenvalue weighted by molar-refractivity contribution is 9.10. The minimum absolute atomic E-state index is 0.0778. The molecule has 0 spiro atoms. The topological polar surface area (TPSA) is 20.2 Å². The van der Waals surface area contributed by atoms with Crippen LogP contribution in [0.3, 0.4) is 0 Å². The van der Waals surface area contributed by atoms with Gasteiger partial charge in [0.15, 0.2) is 0 Å². The van der Waals surface area contributed by atoms with Gasteiger partial charge in [0.05, 0.1) is 6.10 Å². The molecule has 0 saturated heterocycles. The molecule has 0 radical (unpaired) electrons. The Kier molecular flexibility index (Phi) is 5.13. The molecule has 1 atom stereocenters. The minimum Gasteiger partial charge on any atom is -0.392 e. The molecule has 2 aromatic rings. The van der Waals surface area contributed by atoms with Crippen molar-refractivity contribution in [2.75, 3.05) is 0 Å². The predicted octanol–water partition coefficient (Wildman–Crippen LogP) is 4.53. The number of aliphatic hydroxyl groups excluding tert-OH is 1. The van der Waals surface area contributed by atoms with E-state index >= 15 is 0 Å². The maximum absolute atomic E-state index is 13.6. The first-order valence-electron chi connectivity index (χ1n) is 6.02. The van der Waals surface area contributed by atoms with Gasteiger partial charge in [-0.05, 0) is 42.3 Å². The van der Waals surface area contributed by atoms with Crippen LogP contribution >= 0.6 is 27.5 Å². The zero-order valence-electron chi connectivity index (χ0n) is 10.4. The Morgan fingerprint density at radius 2 is 1.90 bits per heavy atom. The average molecular weight is 362 g/mol. The lowest BCUT2D eigenvalue weighted by Crippen LogP contribution is -2.15. The molecule has 0 aliphatic carbocycles. The van der Waals surface area contributed by atoms with Crippen molar-refractivity contribution in [3.8, 4) is 0 Å². The van der Waals surface area contributed by atoms with Gasteiger partial charge in [-0.15, -0.1) is 0 Å². The van der Waals surface area contributed by atoms with Gasteiger partial charge in [-0.2, -0.15) is 0 Å². The fourth-order valence-corrected chi connectivity index (χ4v) is 2.64. The van der Waals surface area contributed by atoms with Gasteiger partial charge in [0, 0.05) is 21.5 Å². The van der Waals surface area contributed by atoms with Crippen LogP contribution in [0.4, 0.5) is 8.78 Å². The quantitative estimate of drug-likeness (QED) is 0.848. The predicted molar refractivity (Wildman–Crippen MR) is 78.9 cm³/mol. The van der Waals surface area contributed by atoms with Crippen molar-refractivity contribution >= 4 is 27.5 Å². The van der Waals surface area contributed by atoms with E-state index in [0.717, 1.165) is 0 Å². The molecular formula is C15H12BrClF2O. The highest BCUT2D eigenvalue weighted by atomic mass is 79.9. The number of benzene rings is 2. The van der Waals surface area contributed by atoms with E-state index < -0.39 is 11.9 Å². The summed E-state index contributed by atoms with van der Waals surface area (Å²) >= 11 is 9.21. The van der Waals surface area contributed by atoms with Crippen molar-refractivity contribution in [1.29, 1.82) is 0 Å². The summed E-state index contributed by atoms with van der Waals surface area (Å²) in [6.07, 6.45) is -0.556. The zero-order chi connectivity index (χ0) is 14.7. The van der Waals surface area contributed by atoms with Gasteiger partial charge in [-0.3, -0.25) is 0 Å². The molecule has 20 heavy (non-hydrogen) atoms. The maximum atomic E-state index is 13.6. The summed E-state index contributed by atoms with van der Waals surface area (Å²) in [5, 5.41) is 10.3.